The Kier molecular flexibility index (Phi) is 8.35. The van der Waals surface area contributed by atoms with Gasteiger partial charge in [0, 0.05) is 20.1 Å². The van der Waals surface area contributed by atoms with Crippen LogP contribution in [0.25, 0.3) is 0 Å². The lowest BCUT2D eigenvalue weighted by molar-refractivity contribution is -0.141. The zero-order valence-corrected chi connectivity index (χ0v) is 12.6. The van der Waals surface area contributed by atoms with Crippen LogP contribution in [0.3, 0.4) is 0 Å². The van der Waals surface area contributed by atoms with E-state index in [0.29, 0.717) is 12.8 Å². The molecule has 3 amide bonds. The van der Waals surface area contributed by atoms with Crippen LogP contribution >= 0.6 is 0 Å². The van der Waals surface area contributed by atoms with Gasteiger partial charge in [-0.05, 0) is 19.8 Å². The molecule has 116 valence electrons. The molecule has 0 aliphatic carbocycles. The predicted octanol–water partition coefficient (Wildman–Crippen LogP) is 0.653. The molecule has 0 bridgehead atoms. The monoisotopic (exact) mass is 287 g/mol. The van der Waals surface area contributed by atoms with E-state index in [1.165, 1.54) is 11.9 Å². The Labute approximate surface area is 119 Å². The number of carboxylic acid groups (broad SMARTS) is 1. The second-order valence-electron chi connectivity index (χ2n) is 5.05. The van der Waals surface area contributed by atoms with E-state index in [9.17, 15) is 14.4 Å². The van der Waals surface area contributed by atoms with E-state index in [1.54, 1.807) is 14.0 Å². The van der Waals surface area contributed by atoms with E-state index in [-0.39, 0.29) is 30.4 Å². The Morgan fingerprint density at radius 2 is 1.80 bits per heavy atom. The second-order valence-corrected chi connectivity index (χ2v) is 5.05. The van der Waals surface area contributed by atoms with Crippen molar-refractivity contribution in [1.29, 1.82) is 0 Å². The Morgan fingerprint density at radius 3 is 2.30 bits per heavy atom. The largest absolute Gasteiger partial charge is 0.481 e. The fourth-order valence-corrected chi connectivity index (χ4v) is 1.61. The lowest BCUT2D eigenvalue weighted by Crippen LogP contribution is -2.45. The standard InChI is InChI=1S/C13H25N3O4/c1-9(12(18)19)6-5-7-10(2)15-13(20)16(4)8-11(17)14-3/h9-10H,5-8H2,1-4H3,(H,14,17)(H,15,20)(H,18,19). The number of amides is 3. The van der Waals surface area contributed by atoms with Crippen LogP contribution in [-0.2, 0) is 9.59 Å². The summed E-state index contributed by atoms with van der Waals surface area (Å²) in [5.41, 5.74) is 0. The molecule has 0 radical (unpaired) electrons. The molecule has 7 nitrogen and oxygen atoms in total. The molecule has 0 fully saturated rings. The minimum atomic E-state index is -0.799. The zero-order valence-electron chi connectivity index (χ0n) is 12.6. The van der Waals surface area contributed by atoms with Crippen LogP contribution in [0.4, 0.5) is 4.79 Å². The van der Waals surface area contributed by atoms with Gasteiger partial charge in [0.15, 0.2) is 0 Å². The summed E-state index contributed by atoms with van der Waals surface area (Å²) in [7, 11) is 3.06. The Hall–Kier alpha value is -1.79. The van der Waals surface area contributed by atoms with E-state index in [2.05, 4.69) is 10.6 Å². The molecule has 0 aliphatic heterocycles. The lowest BCUT2D eigenvalue weighted by atomic mass is 10.0. The molecule has 0 rings (SSSR count). The van der Waals surface area contributed by atoms with Gasteiger partial charge in [-0.25, -0.2) is 4.79 Å². The number of carbonyl (C=O) groups is 3. The maximum absolute atomic E-state index is 11.8. The zero-order chi connectivity index (χ0) is 15.7. The number of nitrogens with one attached hydrogen (secondary N) is 2. The fraction of sp³-hybridized carbons (Fsp3) is 0.769. The predicted molar refractivity (Wildman–Crippen MR) is 75.3 cm³/mol. The summed E-state index contributed by atoms with van der Waals surface area (Å²) in [6.07, 6.45) is 2.02. The average Bonchev–Trinajstić information content (AvgIpc) is 2.37. The van der Waals surface area contributed by atoms with Crippen LogP contribution in [0.2, 0.25) is 0 Å². The van der Waals surface area contributed by atoms with Crippen molar-refractivity contribution in [2.24, 2.45) is 5.92 Å². The van der Waals surface area contributed by atoms with Crippen molar-refractivity contribution in [3.63, 3.8) is 0 Å². The molecule has 0 saturated heterocycles. The molecule has 7 heteroatoms. The van der Waals surface area contributed by atoms with E-state index in [4.69, 9.17) is 5.11 Å². The van der Waals surface area contributed by atoms with E-state index >= 15 is 0 Å². The summed E-state index contributed by atoms with van der Waals surface area (Å²) < 4.78 is 0. The van der Waals surface area contributed by atoms with Crippen LogP contribution in [0, 0.1) is 5.92 Å². The van der Waals surface area contributed by atoms with Crippen molar-refractivity contribution in [3.05, 3.63) is 0 Å². The number of rotatable bonds is 8. The number of hydrogen-bond donors (Lipinski definition) is 3. The van der Waals surface area contributed by atoms with E-state index in [1.807, 2.05) is 6.92 Å². The molecule has 0 aromatic rings. The highest BCUT2D eigenvalue weighted by Crippen LogP contribution is 2.09. The molecular formula is C13H25N3O4. The van der Waals surface area contributed by atoms with Gasteiger partial charge in [0.1, 0.15) is 6.54 Å². The van der Waals surface area contributed by atoms with Gasteiger partial charge in [0.25, 0.3) is 0 Å². The van der Waals surface area contributed by atoms with Crippen LogP contribution in [0.1, 0.15) is 33.1 Å². The summed E-state index contributed by atoms with van der Waals surface area (Å²) in [4.78, 5) is 34.8. The van der Waals surface area contributed by atoms with Gasteiger partial charge >= 0.3 is 12.0 Å². The van der Waals surface area contributed by atoms with Crippen LogP contribution in [0.15, 0.2) is 0 Å². The highest BCUT2D eigenvalue weighted by atomic mass is 16.4. The Balaban J connectivity index is 3.95. The summed E-state index contributed by atoms with van der Waals surface area (Å²) in [6, 6.07) is -0.372. The smallest absolute Gasteiger partial charge is 0.317 e. The van der Waals surface area contributed by atoms with Gasteiger partial charge in [-0.2, -0.15) is 0 Å². The average molecular weight is 287 g/mol. The molecule has 0 aliphatic rings. The molecule has 0 aromatic heterocycles. The maximum atomic E-state index is 11.8. The summed E-state index contributed by atoms with van der Waals surface area (Å²) in [5.74, 6) is -1.40. The molecule has 2 atom stereocenters. The molecule has 0 aromatic carbocycles. The minimum Gasteiger partial charge on any atom is -0.481 e. The molecule has 3 N–H and O–H groups in total. The molecule has 0 saturated carbocycles. The van der Waals surface area contributed by atoms with Crippen molar-refractivity contribution in [3.8, 4) is 0 Å². The third-order valence-electron chi connectivity index (χ3n) is 3.07. The van der Waals surface area contributed by atoms with Crippen molar-refractivity contribution in [2.75, 3.05) is 20.6 Å². The molecule has 0 heterocycles. The Morgan fingerprint density at radius 1 is 1.20 bits per heavy atom. The number of likely N-dealkylation sites (N-methyl/N-ethyl adjacent to an activating group) is 2. The number of urea groups is 1. The maximum Gasteiger partial charge on any atom is 0.317 e. The van der Waals surface area contributed by atoms with Crippen molar-refractivity contribution < 1.29 is 19.5 Å². The van der Waals surface area contributed by atoms with Gasteiger partial charge in [-0.3, -0.25) is 9.59 Å². The highest BCUT2D eigenvalue weighted by molar-refractivity contribution is 5.83. The first-order valence-corrected chi connectivity index (χ1v) is 6.73. The van der Waals surface area contributed by atoms with Crippen molar-refractivity contribution in [2.45, 2.75) is 39.2 Å². The van der Waals surface area contributed by atoms with Crippen LogP contribution < -0.4 is 10.6 Å². The normalized spacial score (nSPS) is 13.2. The third kappa shape index (κ3) is 7.60. The number of carbonyl (C=O) groups excluding carboxylic acids is 2. The molecule has 0 spiro atoms. The number of nitrogens with zero attached hydrogens (tertiary/aromatic N) is 1. The molecular weight excluding hydrogens is 262 g/mol. The van der Waals surface area contributed by atoms with Crippen LogP contribution in [-0.4, -0.2) is 54.6 Å². The third-order valence-corrected chi connectivity index (χ3v) is 3.07. The summed E-state index contributed by atoms with van der Waals surface area (Å²) >= 11 is 0. The first-order chi connectivity index (χ1) is 9.27. The van der Waals surface area contributed by atoms with Gasteiger partial charge in [-0.1, -0.05) is 13.3 Å². The van der Waals surface area contributed by atoms with Crippen molar-refractivity contribution >= 4 is 17.9 Å². The number of hydrogen-bond acceptors (Lipinski definition) is 3. The first kappa shape index (κ1) is 18.2. The number of aliphatic carboxylic acids is 1. The van der Waals surface area contributed by atoms with Gasteiger partial charge < -0.3 is 20.6 Å². The first-order valence-electron chi connectivity index (χ1n) is 6.73. The second kappa shape index (κ2) is 9.17. The Bertz CT molecular complexity index is 347. The van der Waals surface area contributed by atoms with Crippen LogP contribution in [0.5, 0.6) is 0 Å². The van der Waals surface area contributed by atoms with Gasteiger partial charge in [-0.15, -0.1) is 0 Å². The van der Waals surface area contributed by atoms with E-state index < -0.39 is 5.97 Å². The summed E-state index contributed by atoms with van der Waals surface area (Å²) in [5, 5.41) is 14.0. The minimum absolute atomic E-state index is 0.00506. The topological polar surface area (TPSA) is 98.7 Å². The van der Waals surface area contributed by atoms with Crippen molar-refractivity contribution in [1.82, 2.24) is 15.5 Å². The van der Waals surface area contributed by atoms with Gasteiger partial charge in [0.05, 0.1) is 5.92 Å². The van der Waals surface area contributed by atoms with Gasteiger partial charge in [0.2, 0.25) is 5.91 Å². The molecule has 2 unspecified atom stereocenters. The molecule has 20 heavy (non-hydrogen) atoms. The fourth-order valence-electron chi connectivity index (χ4n) is 1.61. The lowest BCUT2D eigenvalue weighted by Gasteiger charge is -2.21. The quantitative estimate of drug-likeness (QED) is 0.610. The summed E-state index contributed by atoms with van der Waals surface area (Å²) in [6.45, 7) is 3.53. The SMILES string of the molecule is CNC(=O)CN(C)C(=O)NC(C)CCCC(C)C(=O)O. The number of carboxylic acids is 1. The highest BCUT2D eigenvalue weighted by Gasteiger charge is 2.15. The van der Waals surface area contributed by atoms with E-state index in [0.717, 1.165) is 6.42 Å².